The molecule has 0 rings (SSSR count). The van der Waals surface area contributed by atoms with Crippen molar-refractivity contribution in [2.75, 3.05) is 0 Å². The average molecular weight is 147 g/mol. The second-order valence-corrected chi connectivity index (χ2v) is 1.95. The van der Waals surface area contributed by atoms with E-state index in [-0.39, 0.29) is 12.8 Å². The summed E-state index contributed by atoms with van der Waals surface area (Å²) in [4.78, 5) is 20.1. The van der Waals surface area contributed by atoms with Gasteiger partial charge in [-0.2, -0.15) is 0 Å². The molecule has 0 radical (unpaired) electrons. The van der Waals surface area contributed by atoms with E-state index in [4.69, 9.17) is 16.6 Å². The van der Waals surface area contributed by atoms with Crippen LogP contribution in [0, 0.1) is 0 Å². The number of nitrogens with two attached hydrogens (primary N) is 2. The number of hydrogen-bond donors (Lipinski definition) is 3. The summed E-state index contributed by atoms with van der Waals surface area (Å²) < 4.78 is 0. The molecule has 0 aromatic rings. The quantitative estimate of drug-likeness (QED) is 0.428. The van der Waals surface area contributed by atoms with E-state index in [1.54, 1.807) is 0 Å². The Morgan fingerprint density at radius 2 is 2.00 bits per heavy atom. The van der Waals surface area contributed by atoms with Crippen LogP contribution in [-0.2, 0) is 9.59 Å². The fourth-order valence-corrected chi connectivity index (χ4v) is 0.421. The summed E-state index contributed by atoms with van der Waals surface area (Å²) in [5.41, 5.74) is 9.81. The highest BCUT2D eigenvalue weighted by Crippen LogP contribution is 1.92. The molecule has 0 aliphatic heterocycles. The number of carboxylic acid groups (broad SMARTS) is 1. The van der Waals surface area contributed by atoms with Crippen molar-refractivity contribution in [2.24, 2.45) is 11.5 Å². The second kappa shape index (κ2) is 3.84. The largest absolute Gasteiger partial charge is 0.480 e. The predicted molar refractivity (Wildman–Crippen MR) is 34.0 cm³/mol. The van der Waals surface area contributed by atoms with Crippen LogP contribution in [-0.4, -0.2) is 23.0 Å². The van der Waals surface area contributed by atoms with E-state index in [1.165, 1.54) is 0 Å². The first-order chi connectivity index (χ1) is 4.54. The first-order valence-corrected chi connectivity index (χ1v) is 2.80. The molecule has 0 fully saturated rings. The molecule has 0 aromatic heterocycles. The number of aliphatic carboxylic acids is 1. The van der Waals surface area contributed by atoms with Gasteiger partial charge in [0.05, 0.1) is 0 Å². The van der Waals surface area contributed by atoms with Gasteiger partial charge in [0.2, 0.25) is 5.91 Å². The van der Waals surface area contributed by atoms with E-state index in [1.807, 2.05) is 0 Å². The van der Waals surface area contributed by atoms with Crippen LogP contribution in [0.1, 0.15) is 12.8 Å². The summed E-state index contributed by atoms with van der Waals surface area (Å²) in [7, 11) is 0. The van der Waals surface area contributed by atoms with Gasteiger partial charge in [-0.1, -0.05) is 0 Å². The lowest BCUT2D eigenvalue weighted by molar-refractivity contribution is -0.138. The summed E-state index contributed by atoms with van der Waals surface area (Å²) >= 11 is 0. The zero-order valence-corrected chi connectivity index (χ0v) is 5.41. The number of rotatable bonds is 4. The van der Waals surface area contributed by atoms with Gasteiger partial charge in [0.1, 0.15) is 6.04 Å². The van der Waals surface area contributed by atoms with Gasteiger partial charge in [0.25, 0.3) is 0 Å². The zero-order chi connectivity index (χ0) is 8.15. The van der Waals surface area contributed by atoms with Crippen molar-refractivity contribution < 1.29 is 14.7 Å². The van der Waals surface area contributed by atoms with Crippen LogP contribution in [0.3, 0.4) is 0 Å². The first kappa shape index (κ1) is 8.90. The molecule has 0 saturated carbocycles. The third-order valence-corrected chi connectivity index (χ3v) is 1.02. The van der Waals surface area contributed by atoms with E-state index in [2.05, 4.69) is 0 Å². The Balaban J connectivity index is 3.49. The highest BCUT2D eigenvalue weighted by atomic mass is 16.4. The Bertz CT molecular complexity index is 146. The predicted octanol–water partition coefficient (Wildman–Crippen LogP) is -1.34. The van der Waals surface area contributed by atoms with Gasteiger partial charge >= 0.3 is 5.97 Å². The van der Waals surface area contributed by atoms with Gasteiger partial charge in [0, 0.05) is 6.42 Å². The van der Waals surface area contributed by atoms with Crippen LogP contribution in [0.5, 0.6) is 0 Å². The standard InChI is InChI=1S/C5H10N2O3/c6-3(5(9)10)1-2-4(7)8/h3H,1-2,6H2,(H2,7,8)(H,9,10)/t3-/m0/s1/i7+1. The van der Waals surface area contributed by atoms with Crippen LogP contribution in [0.4, 0.5) is 0 Å². The Morgan fingerprint density at radius 1 is 1.50 bits per heavy atom. The lowest BCUT2D eigenvalue weighted by atomic mass is 10.2. The molecule has 5 heteroatoms. The Hall–Kier alpha value is -1.10. The van der Waals surface area contributed by atoms with Gasteiger partial charge in [-0.05, 0) is 6.42 Å². The zero-order valence-electron chi connectivity index (χ0n) is 5.41. The molecule has 1 amide bonds. The van der Waals surface area contributed by atoms with Crippen LogP contribution in [0.15, 0.2) is 0 Å². The third-order valence-electron chi connectivity index (χ3n) is 1.02. The van der Waals surface area contributed by atoms with Crippen LogP contribution in [0.2, 0.25) is 0 Å². The number of carbonyl (C=O) groups is 2. The van der Waals surface area contributed by atoms with Gasteiger partial charge in [0.15, 0.2) is 0 Å². The van der Waals surface area contributed by atoms with Crippen molar-refractivity contribution in [2.45, 2.75) is 18.9 Å². The van der Waals surface area contributed by atoms with Crippen molar-refractivity contribution in [3.8, 4) is 0 Å². The fourth-order valence-electron chi connectivity index (χ4n) is 0.421. The van der Waals surface area contributed by atoms with E-state index in [9.17, 15) is 9.59 Å². The molecule has 0 aliphatic carbocycles. The topological polar surface area (TPSA) is 106 Å². The molecule has 10 heavy (non-hydrogen) atoms. The SMILES string of the molecule is N[C@@H](CCC([15NH2])=O)C(=O)O. The minimum absolute atomic E-state index is 0.0213. The summed E-state index contributed by atoms with van der Waals surface area (Å²) in [6, 6.07) is -0.979. The smallest absolute Gasteiger partial charge is 0.320 e. The Morgan fingerprint density at radius 3 is 2.30 bits per heavy atom. The summed E-state index contributed by atoms with van der Waals surface area (Å²) in [5.74, 6) is -1.64. The van der Waals surface area contributed by atoms with Gasteiger partial charge in [-0.25, -0.2) is 0 Å². The molecule has 0 aromatic carbocycles. The molecule has 0 aliphatic rings. The maximum Gasteiger partial charge on any atom is 0.320 e. The third kappa shape index (κ3) is 3.85. The summed E-state index contributed by atoms with van der Waals surface area (Å²) in [5, 5.41) is 8.22. The van der Waals surface area contributed by atoms with E-state index >= 15 is 0 Å². The molecular formula is C5H10N2O3. The number of amides is 1. The maximum absolute atomic E-state index is 10.1. The lowest BCUT2D eigenvalue weighted by Crippen LogP contribution is -2.31. The van der Waals surface area contributed by atoms with Crippen molar-refractivity contribution in [3.63, 3.8) is 0 Å². The molecule has 58 valence electrons. The molecule has 0 bridgehead atoms. The van der Waals surface area contributed by atoms with E-state index in [0.29, 0.717) is 0 Å². The molecule has 0 saturated heterocycles. The minimum Gasteiger partial charge on any atom is -0.480 e. The molecular weight excluding hydrogens is 137 g/mol. The molecule has 0 heterocycles. The maximum atomic E-state index is 10.1. The molecule has 5 N–H and O–H groups in total. The van der Waals surface area contributed by atoms with E-state index < -0.39 is 17.9 Å². The van der Waals surface area contributed by atoms with Gasteiger partial charge in [-0.3, -0.25) is 9.59 Å². The van der Waals surface area contributed by atoms with Crippen LogP contribution in [0.25, 0.3) is 0 Å². The van der Waals surface area contributed by atoms with Crippen LogP contribution < -0.4 is 11.5 Å². The molecule has 0 unspecified atom stereocenters. The second-order valence-electron chi connectivity index (χ2n) is 1.95. The summed E-state index contributed by atoms with van der Waals surface area (Å²) in [6.45, 7) is 0. The molecule has 1 atom stereocenters. The number of carboxylic acids is 1. The molecule has 5 nitrogen and oxygen atoms in total. The van der Waals surface area contributed by atoms with E-state index in [0.717, 1.165) is 0 Å². The lowest BCUT2D eigenvalue weighted by Gasteiger charge is -2.01. The summed E-state index contributed by atoms with van der Waals surface area (Å²) in [6.07, 6.45) is 0.123. The number of carbonyl (C=O) groups excluding carboxylic acids is 1. The highest BCUT2D eigenvalue weighted by Gasteiger charge is 2.11. The Kier molecular flexibility index (Phi) is 3.42. The Labute approximate surface area is 58.0 Å². The van der Waals surface area contributed by atoms with Gasteiger partial charge < -0.3 is 16.6 Å². The monoisotopic (exact) mass is 147 g/mol. The highest BCUT2D eigenvalue weighted by molar-refractivity contribution is 5.76. The van der Waals surface area contributed by atoms with Gasteiger partial charge in [-0.15, -0.1) is 0 Å². The number of primary amides is 1. The molecule has 0 spiro atoms. The number of hydrogen-bond acceptors (Lipinski definition) is 3. The van der Waals surface area contributed by atoms with Crippen molar-refractivity contribution in [1.29, 1.82) is 0 Å². The van der Waals surface area contributed by atoms with Crippen molar-refractivity contribution in [3.05, 3.63) is 0 Å². The fraction of sp³-hybridized carbons (Fsp3) is 0.600. The van der Waals surface area contributed by atoms with Crippen LogP contribution >= 0.6 is 0 Å². The minimum atomic E-state index is -1.11. The normalized spacial score (nSPS) is 12.5. The van der Waals surface area contributed by atoms with Crippen molar-refractivity contribution in [1.82, 2.24) is 0 Å². The first-order valence-electron chi connectivity index (χ1n) is 2.80. The van der Waals surface area contributed by atoms with Crippen molar-refractivity contribution >= 4 is 11.9 Å². The average Bonchev–Trinajstić information content (AvgIpc) is 1.82.